The fourth-order valence-electron chi connectivity index (χ4n) is 1.58. The molecular weight excluding hydrogens is 260 g/mol. The summed E-state index contributed by atoms with van der Waals surface area (Å²) in [7, 11) is 0. The van der Waals surface area contributed by atoms with Crippen molar-refractivity contribution in [2.45, 2.75) is 27.1 Å². The molecule has 5 heteroatoms. The van der Waals surface area contributed by atoms with Crippen molar-refractivity contribution in [2.24, 2.45) is 0 Å². The van der Waals surface area contributed by atoms with E-state index in [0.717, 1.165) is 0 Å². The lowest BCUT2D eigenvalue weighted by Gasteiger charge is -2.17. The molecule has 5 nitrogen and oxygen atoms in total. The van der Waals surface area contributed by atoms with Gasteiger partial charge in [-0.1, -0.05) is 0 Å². The molecule has 0 saturated carbocycles. The number of carbonyl (C=O) groups is 1. The maximum Gasteiger partial charge on any atom is 0.338 e. The van der Waals surface area contributed by atoms with Gasteiger partial charge in [-0.05, 0) is 45.0 Å². The minimum Gasteiger partial charge on any atom is -0.488 e. The first-order chi connectivity index (χ1) is 9.71. The summed E-state index contributed by atoms with van der Waals surface area (Å²) in [5.41, 5.74) is 0.505. The minimum atomic E-state index is -0.380. The molecule has 0 aliphatic rings. The molecule has 0 fully saturated rings. The summed E-state index contributed by atoms with van der Waals surface area (Å²) < 4.78 is 21.2. The van der Waals surface area contributed by atoms with E-state index >= 15 is 0 Å². The Bertz CT molecular complexity index is 382. The van der Waals surface area contributed by atoms with Crippen LogP contribution in [0.5, 0.6) is 5.75 Å². The maximum absolute atomic E-state index is 11.5. The Morgan fingerprint density at radius 1 is 1.00 bits per heavy atom. The quantitative estimate of drug-likeness (QED) is 0.515. The summed E-state index contributed by atoms with van der Waals surface area (Å²) in [6.45, 7) is 7.38. The minimum absolute atomic E-state index is 0.306. The van der Waals surface area contributed by atoms with Gasteiger partial charge in [-0.2, -0.15) is 0 Å². The van der Waals surface area contributed by atoms with Crippen LogP contribution in [-0.2, 0) is 14.2 Å². The van der Waals surface area contributed by atoms with Crippen molar-refractivity contribution in [1.82, 2.24) is 0 Å². The normalized spacial score (nSPS) is 10.6. The smallest absolute Gasteiger partial charge is 0.338 e. The van der Waals surface area contributed by atoms with Gasteiger partial charge in [0.15, 0.2) is 6.29 Å². The molecule has 0 saturated heterocycles. The van der Waals surface area contributed by atoms with Gasteiger partial charge in [0.25, 0.3) is 0 Å². The van der Waals surface area contributed by atoms with Crippen LogP contribution in [0.4, 0.5) is 0 Å². The van der Waals surface area contributed by atoms with Gasteiger partial charge < -0.3 is 18.9 Å². The molecule has 0 heterocycles. The van der Waals surface area contributed by atoms with Gasteiger partial charge in [-0.3, -0.25) is 0 Å². The molecule has 20 heavy (non-hydrogen) atoms. The van der Waals surface area contributed by atoms with Gasteiger partial charge >= 0.3 is 5.97 Å². The van der Waals surface area contributed by atoms with Crippen molar-refractivity contribution in [3.8, 4) is 5.75 Å². The predicted octanol–water partition coefficient (Wildman–Crippen LogP) is 2.64. The molecule has 0 spiro atoms. The molecule has 112 valence electrons. The van der Waals surface area contributed by atoms with E-state index in [0.29, 0.717) is 37.7 Å². The van der Waals surface area contributed by atoms with Crippen molar-refractivity contribution in [3.63, 3.8) is 0 Å². The molecule has 0 bridgehead atoms. The highest BCUT2D eigenvalue weighted by Crippen LogP contribution is 2.14. The van der Waals surface area contributed by atoms with Crippen LogP contribution in [0.2, 0.25) is 0 Å². The van der Waals surface area contributed by atoms with E-state index in [1.54, 1.807) is 31.2 Å². The first-order valence-corrected chi connectivity index (χ1v) is 6.84. The van der Waals surface area contributed by atoms with E-state index < -0.39 is 0 Å². The van der Waals surface area contributed by atoms with Crippen LogP contribution >= 0.6 is 0 Å². The second kappa shape index (κ2) is 9.34. The number of ether oxygens (including phenoxy) is 4. The highest BCUT2D eigenvalue weighted by molar-refractivity contribution is 5.89. The second-order valence-electron chi connectivity index (χ2n) is 3.90. The largest absolute Gasteiger partial charge is 0.488 e. The standard InChI is InChI=1S/C15H22O5/c1-4-17-14(18-5-2)11-20-13-9-7-12(8-10-13)15(16)19-6-3/h7-10,14H,4-6,11H2,1-3H3. The summed E-state index contributed by atoms with van der Waals surface area (Å²) in [6, 6.07) is 6.79. The molecular formula is C15H22O5. The van der Waals surface area contributed by atoms with Crippen LogP contribution in [0.15, 0.2) is 24.3 Å². The second-order valence-corrected chi connectivity index (χ2v) is 3.90. The topological polar surface area (TPSA) is 54.0 Å². The van der Waals surface area contributed by atoms with Crippen molar-refractivity contribution in [3.05, 3.63) is 29.8 Å². The first kappa shape index (κ1) is 16.5. The highest BCUT2D eigenvalue weighted by atomic mass is 16.7. The van der Waals surface area contributed by atoms with Gasteiger partial charge in [0, 0.05) is 13.2 Å². The number of hydrogen-bond acceptors (Lipinski definition) is 5. The van der Waals surface area contributed by atoms with Crippen molar-refractivity contribution in [2.75, 3.05) is 26.4 Å². The Balaban J connectivity index is 2.50. The van der Waals surface area contributed by atoms with E-state index in [2.05, 4.69) is 0 Å². The first-order valence-electron chi connectivity index (χ1n) is 6.84. The van der Waals surface area contributed by atoms with Crippen LogP contribution in [0.25, 0.3) is 0 Å². The molecule has 0 amide bonds. The number of carbonyl (C=O) groups excluding carboxylic acids is 1. The average Bonchev–Trinajstić information content (AvgIpc) is 2.46. The zero-order valence-electron chi connectivity index (χ0n) is 12.3. The number of rotatable bonds is 9. The zero-order chi connectivity index (χ0) is 14.8. The summed E-state index contributed by atoms with van der Waals surface area (Å²) in [5, 5.41) is 0. The third-order valence-corrected chi connectivity index (χ3v) is 2.46. The van der Waals surface area contributed by atoms with Crippen LogP contribution < -0.4 is 4.74 Å². The number of hydrogen-bond donors (Lipinski definition) is 0. The molecule has 1 aromatic rings. The molecule has 0 atom stereocenters. The lowest BCUT2D eigenvalue weighted by atomic mass is 10.2. The predicted molar refractivity (Wildman–Crippen MR) is 74.9 cm³/mol. The summed E-state index contributed by atoms with van der Waals surface area (Å²) >= 11 is 0. The Morgan fingerprint density at radius 2 is 1.60 bits per heavy atom. The van der Waals surface area contributed by atoms with Gasteiger partial charge in [0.1, 0.15) is 12.4 Å². The third kappa shape index (κ3) is 5.59. The van der Waals surface area contributed by atoms with E-state index in [1.807, 2.05) is 13.8 Å². The Hall–Kier alpha value is -1.59. The molecule has 1 aromatic carbocycles. The average molecular weight is 282 g/mol. The van der Waals surface area contributed by atoms with Crippen molar-refractivity contribution in [1.29, 1.82) is 0 Å². The van der Waals surface area contributed by atoms with Crippen molar-refractivity contribution >= 4 is 5.97 Å². The summed E-state index contributed by atoms with van der Waals surface area (Å²) in [4.78, 5) is 11.5. The molecule has 0 radical (unpaired) electrons. The molecule has 0 aromatic heterocycles. The Morgan fingerprint density at radius 3 is 2.10 bits per heavy atom. The molecule has 0 N–H and O–H groups in total. The van der Waals surface area contributed by atoms with Crippen LogP contribution in [-0.4, -0.2) is 38.7 Å². The SMILES string of the molecule is CCOC(=O)c1ccc(OCC(OCC)OCC)cc1. The molecule has 0 aliphatic carbocycles. The number of benzene rings is 1. The third-order valence-electron chi connectivity index (χ3n) is 2.46. The van der Waals surface area contributed by atoms with E-state index in [4.69, 9.17) is 18.9 Å². The Kier molecular flexibility index (Phi) is 7.69. The zero-order valence-corrected chi connectivity index (χ0v) is 12.3. The van der Waals surface area contributed by atoms with Gasteiger partial charge in [-0.25, -0.2) is 4.79 Å². The Labute approximate surface area is 119 Å². The monoisotopic (exact) mass is 282 g/mol. The van der Waals surface area contributed by atoms with Gasteiger partial charge in [0.05, 0.1) is 12.2 Å². The molecule has 0 aliphatic heterocycles. The molecule has 1 rings (SSSR count). The van der Waals surface area contributed by atoms with E-state index in [-0.39, 0.29) is 12.3 Å². The van der Waals surface area contributed by atoms with Crippen LogP contribution in [0, 0.1) is 0 Å². The molecule has 0 unspecified atom stereocenters. The fraction of sp³-hybridized carbons (Fsp3) is 0.533. The number of esters is 1. The van der Waals surface area contributed by atoms with Crippen LogP contribution in [0.1, 0.15) is 31.1 Å². The van der Waals surface area contributed by atoms with Crippen molar-refractivity contribution < 1.29 is 23.7 Å². The summed E-state index contributed by atoms with van der Waals surface area (Å²) in [6.07, 6.45) is -0.380. The lowest BCUT2D eigenvalue weighted by Crippen LogP contribution is -2.25. The summed E-state index contributed by atoms with van der Waals surface area (Å²) in [5.74, 6) is 0.322. The lowest BCUT2D eigenvalue weighted by molar-refractivity contribution is -0.152. The van der Waals surface area contributed by atoms with Crippen LogP contribution in [0.3, 0.4) is 0 Å². The van der Waals surface area contributed by atoms with Gasteiger partial charge in [-0.15, -0.1) is 0 Å². The van der Waals surface area contributed by atoms with E-state index in [1.165, 1.54) is 0 Å². The fourth-order valence-corrected chi connectivity index (χ4v) is 1.58. The highest BCUT2D eigenvalue weighted by Gasteiger charge is 2.10. The van der Waals surface area contributed by atoms with E-state index in [9.17, 15) is 4.79 Å². The maximum atomic E-state index is 11.5. The van der Waals surface area contributed by atoms with Gasteiger partial charge in [0.2, 0.25) is 0 Å².